The molecule has 7 heteroatoms. The molecule has 0 saturated carbocycles. The summed E-state index contributed by atoms with van der Waals surface area (Å²) in [6, 6.07) is 8.93. The van der Waals surface area contributed by atoms with E-state index in [4.69, 9.17) is 9.47 Å². The van der Waals surface area contributed by atoms with E-state index < -0.39 is 0 Å². The van der Waals surface area contributed by atoms with Gasteiger partial charge in [0.25, 0.3) is 5.91 Å². The summed E-state index contributed by atoms with van der Waals surface area (Å²) in [7, 11) is 1.58. The summed E-state index contributed by atoms with van der Waals surface area (Å²) in [5.74, 6) is 3.05. The van der Waals surface area contributed by atoms with E-state index in [-0.39, 0.29) is 12.5 Å². The number of piperidine rings is 1. The molecule has 2 aromatic rings. The first-order valence-electron chi connectivity index (χ1n) is 8.78. The van der Waals surface area contributed by atoms with Gasteiger partial charge < -0.3 is 19.7 Å². The smallest absolute Gasteiger partial charge is 0.263 e. The van der Waals surface area contributed by atoms with Gasteiger partial charge in [-0.15, -0.1) is 0 Å². The predicted octanol–water partition coefficient (Wildman–Crippen LogP) is 2.74. The SMILES string of the molecule is COc1cccc(OCC(=O)Nc2cc(N3CCC(C)CC3)ncn2)c1. The minimum Gasteiger partial charge on any atom is -0.497 e. The minimum atomic E-state index is -0.273. The second-order valence-electron chi connectivity index (χ2n) is 6.45. The van der Waals surface area contributed by atoms with Gasteiger partial charge in [0, 0.05) is 25.2 Å². The maximum atomic E-state index is 12.1. The number of carbonyl (C=O) groups is 1. The fraction of sp³-hybridized carbons (Fsp3) is 0.421. The summed E-state index contributed by atoms with van der Waals surface area (Å²) in [4.78, 5) is 22.8. The monoisotopic (exact) mass is 356 g/mol. The molecule has 0 unspecified atom stereocenters. The minimum absolute atomic E-state index is 0.103. The normalized spacial score (nSPS) is 14.8. The Morgan fingerprint density at radius 2 is 2.00 bits per heavy atom. The summed E-state index contributed by atoms with van der Waals surface area (Å²) < 4.78 is 10.6. The van der Waals surface area contributed by atoms with Crippen LogP contribution in [0, 0.1) is 5.92 Å². The molecule has 26 heavy (non-hydrogen) atoms. The standard InChI is InChI=1S/C19H24N4O3/c1-14-6-8-23(9-7-14)18-11-17(20-13-21-18)22-19(24)12-26-16-5-3-4-15(10-16)25-2/h3-5,10-11,13-14H,6-9,12H2,1-2H3,(H,20,21,22,24). The molecule has 138 valence electrons. The molecule has 1 amide bonds. The quantitative estimate of drug-likeness (QED) is 0.858. The lowest BCUT2D eigenvalue weighted by Gasteiger charge is -2.31. The Balaban J connectivity index is 1.54. The number of amides is 1. The predicted molar refractivity (Wildman–Crippen MR) is 99.8 cm³/mol. The van der Waals surface area contributed by atoms with Crippen LogP contribution in [0.1, 0.15) is 19.8 Å². The Morgan fingerprint density at radius 3 is 2.77 bits per heavy atom. The molecule has 1 saturated heterocycles. The van der Waals surface area contributed by atoms with Crippen molar-refractivity contribution < 1.29 is 14.3 Å². The molecule has 1 aromatic heterocycles. The highest BCUT2D eigenvalue weighted by atomic mass is 16.5. The molecular formula is C19H24N4O3. The molecule has 1 N–H and O–H groups in total. The zero-order valence-corrected chi connectivity index (χ0v) is 15.1. The third-order valence-corrected chi connectivity index (χ3v) is 4.44. The van der Waals surface area contributed by atoms with Crippen molar-refractivity contribution in [2.24, 2.45) is 5.92 Å². The number of rotatable bonds is 6. The largest absolute Gasteiger partial charge is 0.497 e. The molecule has 0 atom stereocenters. The first-order valence-corrected chi connectivity index (χ1v) is 8.78. The average molecular weight is 356 g/mol. The van der Waals surface area contributed by atoms with Crippen molar-refractivity contribution in [1.82, 2.24) is 9.97 Å². The van der Waals surface area contributed by atoms with Crippen molar-refractivity contribution in [3.8, 4) is 11.5 Å². The van der Waals surface area contributed by atoms with Crippen molar-refractivity contribution in [3.63, 3.8) is 0 Å². The van der Waals surface area contributed by atoms with E-state index in [0.29, 0.717) is 17.3 Å². The lowest BCUT2D eigenvalue weighted by atomic mass is 9.99. The highest BCUT2D eigenvalue weighted by Crippen LogP contribution is 2.22. The van der Waals surface area contributed by atoms with E-state index in [1.54, 1.807) is 25.3 Å². The Kier molecular flexibility index (Phi) is 5.88. The molecule has 7 nitrogen and oxygen atoms in total. The summed E-state index contributed by atoms with van der Waals surface area (Å²) in [6.07, 6.45) is 3.78. The highest BCUT2D eigenvalue weighted by Gasteiger charge is 2.17. The number of carbonyl (C=O) groups excluding carboxylic acids is 1. The Labute approximate surface area is 153 Å². The van der Waals surface area contributed by atoms with E-state index in [0.717, 1.165) is 37.7 Å². The lowest BCUT2D eigenvalue weighted by Crippen LogP contribution is -2.33. The maximum Gasteiger partial charge on any atom is 0.263 e. The zero-order valence-electron chi connectivity index (χ0n) is 15.1. The van der Waals surface area contributed by atoms with Crippen molar-refractivity contribution in [3.05, 3.63) is 36.7 Å². The number of hydrogen-bond donors (Lipinski definition) is 1. The van der Waals surface area contributed by atoms with Gasteiger partial charge in [-0.1, -0.05) is 13.0 Å². The number of benzene rings is 1. The molecule has 2 heterocycles. The molecule has 0 bridgehead atoms. The highest BCUT2D eigenvalue weighted by molar-refractivity contribution is 5.91. The van der Waals surface area contributed by atoms with Crippen LogP contribution in [0.25, 0.3) is 0 Å². The van der Waals surface area contributed by atoms with E-state index in [1.807, 2.05) is 12.1 Å². The average Bonchev–Trinajstić information content (AvgIpc) is 2.67. The Hall–Kier alpha value is -2.83. The molecule has 1 fully saturated rings. The third kappa shape index (κ3) is 4.84. The van der Waals surface area contributed by atoms with Crippen LogP contribution in [0.2, 0.25) is 0 Å². The second-order valence-corrected chi connectivity index (χ2v) is 6.45. The second kappa shape index (κ2) is 8.51. The van der Waals surface area contributed by atoms with Crippen LogP contribution in [0.15, 0.2) is 36.7 Å². The van der Waals surface area contributed by atoms with Crippen molar-refractivity contribution in [2.75, 3.05) is 37.0 Å². The number of methoxy groups -OCH3 is 1. The van der Waals surface area contributed by atoms with Crippen LogP contribution in [0.4, 0.5) is 11.6 Å². The summed E-state index contributed by atoms with van der Waals surface area (Å²) >= 11 is 0. The van der Waals surface area contributed by atoms with Crippen LogP contribution < -0.4 is 19.7 Å². The number of anilines is 2. The van der Waals surface area contributed by atoms with Crippen molar-refractivity contribution in [2.45, 2.75) is 19.8 Å². The van der Waals surface area contributed by atoms with Gasteiger partial charge in [-0.2, -0.15) is 0 Å². The van der Waals surface area contributed by atoms with Crippen LogP contribution in [0.5, 0.6) is 11.5 Å². The Bertz CT molecular complexity index is 745. The van der Waals surface area contributed by atoms with Gasteiger partial charge in [-0.25, -0.2) is 9.97 Å². The zero-order chi connectivity index (χ0) is 18.4. The van der Waals surface area contributed by atoms with Crippen LogP contribution >= 0.6 is 0 Å². The number of nitrogens with zero attached hydrogens (tertiary/aromatic N) is 3. The first-order chi connectivity index (χ1) is 12.6. The molecule has 1 aromatic carbocycles. The fourth-order valence-electron chi connectivity index (χ4n) is 2.84. The van der Waals surface area contributed by atoms with E-state index in [2.05, 4.69) is 27.1 Å². The molecular weight excluding hydrogens is 332 g/mol. The molecule has 0 spiro atoms. The molecule has 0 radical (unpaired) electrons. The fourth-order valence-corrected chi connectivity index (χ4v) is 2.84. The maximum absolute atomic E-state index is 12.1. The van der Waals surface area contributed by atoms with Crippen molar-refractivity contribution >= 4 is 17.5 Å². The van der Waals surface area contributed by atoms with Crippen LogP contribution in [0.3, 0.4) is 0 Å². The molecule has 3 rings (SSSR count). The van der Waals surface area contributed by atoms with Crippen LogP contribution in [-0.2, 0) is 4.79 Å². The van der Waals surface area contributed by atoms with Crippen LogP contribution in [-0.4, -0.2) is 42.7 Å². The van der Waals surface area contributed by atoms with Gasteiger partial charge in [0.1, 0.15) is 29.5 Å². The first kappa shape index (κ1) is 18.0. The van der Waals surface area contributed by atoms with E-state index >= 15 is 0 Å². The van der Waals surface area contributed by atoms with Gasteiger partial charge >= 0.3 is 0 Å². The third-order valence-electron chi connectivity index (χ3n) is 4.44. The van der Waals surface area contributed by atoms with Gasteiger partial charge in [0.15, 0.2) is 6.61 Å². The van der Waals surface area contributed by atoms with E-state index in [1.165, 1.54) is 6.33 Å². The molecule has 1 aliphatic rings. The topological polar surface area (TPSA) is 76.6 Å². The van der Waals surface area contributed by atoms with Gasteiger partial charge in [-0.3, -0.25) is 4.79 Å². The Morgan fingerprint density at radius 1 is 1.23 bits per heavy atom. The van der Waals surface area contributed by atoms with E-state index in [9.17, 15) is 4.79 Å². The number of aromatic nitrogens is 2. The van der Waals surface area contributed by atoms with Gasteiger partial charge in [0.2, 0.25) is 0 Å². The summed E-state index contributed by atoms with van der Waals surface area (Å²) in [6.45, 7) is 4.12. The molecule has 0 aliphatic carbocycles. The number of hydrogen-bond acceptors (Lipinski definition) is 6. The molecule has 1 aliphatic heterocycles. The summed E-state index contributed by atoms with van der Waals surface area (Å²) in [5.41, 5.74) is 0. The van der Waals surface area contributed by atoms with Gasteiger partial charge in [-0.05, 0) is 30.9 Å². The van der Waals surface area contributed by atoms with Crippen molar-refractivity contribution in [1.29, 1.82) is 0 Å². The lowest BCUT2D eigenvalue weighted by molar-refractivity contribution is -0.118. The van der Waals surface area contributed by atoms with Gasteiger partial charge in [0.05, 0.1) is 7.11 Å². The summed E-state index contributed by atoms with van der Waals surface area (Å²) in [5, 5.41) is 2.76. The number of ether oxygens (including phenoxy) is 2. The number of nitrogens with one attached hydrogen (secondary N) is 1.